The summed E-state index contributed by atoms with van der Waals surface area (Å²) in [5.74, 6) is 0.685. The first-order chi connectivity index (χ1) is 8.61. The summed E-state index contributed by atoms with van der Waals surface area (Å²) >= 11 is 0. The lowest BCUT2D eigenvalue weighted by Gasteiger charge is -2.14. The molecule has 0 amide bonds. The number of nitrogen functional groups attached to an aromatic ring is 1. The molecule has 2 aromatic rings. The van der Waals surface area contributed by atoms with E-state index in [1.165, 1.54) is 11.1 Å². The van der Waals surface area contributed by atoms with E-state index in [4.69, 9.17) is 10.5 Å². The zero-order chi connectivity index (χ0) is 13.1. The topological polar surface area (TPSA) is 47.3 Å². The molecule has 0 bridgehead atoms. The third-order valence-electron chi connectivity index (χ3n) is 2.95. The van der Waals surface area contributed by atoms with Crippen molar-refractivity contribution in [3.05, 3.63) is 47.5 Å². The first kappa shape index (κ1) is 12.3. The van der Waals surface area contributed by atoms with E-state index in [1.807, 2.05) is 18.2 Å². The molecule has 0 aliphatic heterocycles. The first-order valence-electron chi connectivity index (χ1n) is 5.88. The Kier molecular flexibility index (Phi) is 3.42. The predicted molar refractivity (Wildman–Crippen MR) is 76.6 cm³/mol. The Morgan fingerprint density at radius 1 is 1.06 bits per heavy atom. The molecule has 0 unspecified atom stereocenters. The molecular formula is C15H18N2O. The Hall–Kier alpha value is -2.16. The average Bonchev–Trinajstić information content (AvgIpc) is 2.36. The molecular weight excluding hydrogens is 224 g/mol. The van der Waals surface area contributed by atoms with Crippen LogP contribution in [0.15, 0.2) is 36.4 Å². The number of rotatable bonds is 3. The number of ether oxygens (including phenoxy) is 1. The largest absolute Gasteiger partial charge is 0.495 e. The van der Waals surface area contributed by atoms with Crippen LogP contribution < -0.4 is 15.8 Å². The number of nitrogens with two attached hydrogens (primary N) is 1. The fraction of sp³-hybridized carbons (Fsp3) is 0.200. The van der Waals surface area contributed by atoms with Crippen molar-refractivity contribution in [3.63, 3.8) is 0 Å². The standard InChI is InChI=1S/C15H18N2O/c1-10-7-8-11(2)13(9-10)17-12-5-4-6-14(18-3)15(12)16/h4-9,17H,16H2,1-3H3. The summed E-state index contributed by atoms with van der Waals surface area (Å²) < 4.78 is 5.21. The maximum Gasteiger partial charge on any atom is 0.143 e. The first-order valence-corrected chi connectivity index (χ1v) is 5.88. The van der Waals surface area contributed by atoms with Crippen LogP contribution in [0.1, 0.15) is 11.1 Å². The highest BCUT2D eigenvalue weighted by Gasteiger charge is 2.06. The molecule has 3 N–H and O–H groups in total. The van der Waals surface area contributed by atoms with Gasteiger partial charge in [0.05, 0.1) is 18.5 Å². The van der Waals surface area contributed by atoms with E-state index in [9.17, 15) is 0 Å². The molecule has 0 spiro atoms. The summed E-state index contributed by atoms with van der Waals surface area (Å²) in [6.07, 6.45) is 0. The zero-order valence-electron chi connectivity index (χ0n) is 10.9. The van der Waals surface area contributed by atoms with Crippen molar-refractivity contribution < 1.29 is 4.74 Å². The van der Waals surface area contributed by atoms with Gasteiger partial charge in [-0.3, -0.25) is 0 Å². The highest BCUT2D eigenvalue weighted by atomic mass is 16.5. The Morgan fingerprint density at radius 2 is 1.83 bits per heavy atom. The maximum absolute atomic E-state index is 6.04. The van der Waals surface area contributed by atoms with Crippen molar-refractivity contribution in [2.45, 2.75) is 13.8 Å². The van der Waals surface area contributed by atoms with Crippen molar-refractivity contribution in [3.8, 4) is 5.75 Å². The molecule has 0 saturated carbocycles. The van der Waals surface area contributed by atoms with Gasteiger partial charge in [-0.1, -0.05) is 18.2 Å². The number of benzene rings is 2. The second-order valence-corrected chi connectivity index (χ2v) is 4.36. The number of para-hydroxylation sites is 1. The van der Waals surface area contributed by atoms with E-state index >= 15 is 0 Å². The van der Waals surface area contributed by atoms with Gasteiger partial charge in [0.2, 0.25) is 0 Å². The van der Waals surface area contributed by atoms with Crippen LogP contribution in [0.25, 0.3) is 0 Å². The lowest BCUT2D eigenvalue weighted by Crippen LogP contribution is -2.00. The van der Waals surface area contributed by atoms with E-state index in [0.717, 1.165) is 11.4 Å². The van der Waals surface area contributed by atoms with E-state index < -0.39 is 0 Å². The van der Waals surface area contributed by atoms with Crippen molar-refractivity contribution in [1.29, 1.82) is 0 Å². The second-order valence-electron chi connectivity index (χ2n) is 4.36. The lowest BCUT2D eigenvalue weighted by atomic mass is 10.1. The normalized spacial score (nSPS) is 10.2. The molecule has 0 atom stereocenters. The SMILES string of the molecule is COc1cccc(Nc2cc(C)ccc2C)c1N. The molecule has 94 valence electrons. The van der Waals surface area contributed by atoms with Gasteiger partial charge in [0.25, 0.3) is 0 Å². The molecule has 0 saturated heterocycles. The number of aryl methyl sites for hydroxylation is 2. The molecule has 2 rings (SSSR count). The summed E-state index contributed by atoms with van der Waals surface area (Å²) in [6.45, 7) is 4.14. The Morgan fingerprint density at radius 3 is 2.56 bits per heavy atom. The molecule has 0 aliphatic carbocycles. The van der Waals surface area contributed by atoms with Crippen LogP contribution in [0.5, 0.6) is 5.75 Å². The Labute approximate surface area is 108 Å². The Balaban J connectivity index is 2.37. The number of anilines is 3. The minimum absolute atomic E-state index is 0.626. The van der Waals surface area contributed by atoms with Gasteiger partial charge in [-0.25, -0.2) is 0 Å². The van der Waals surface area contributed by atoms with E-state index in [2.05, 4.69) is 37.4 Å². The van der Waals surface area contributed by atoms with Crippen LogP contribution in [0.2, 0.25) is 0 Å². The highest BCUT2D eigenvalue weighted by molar-refractivity contribution is 5.78. The average molecular weight is 242 g/mol. The van der Waals surface area contributed by atoms with Crippen molar-refractivity contribution in [2.75, 3.05) is 18.2 Å². The smallest absolute Gasteiger partial charge is 0.143 e. The maximum atomic E-state index is 6.04. The predicted octanol–water partition coefficient (Wildman–Crippen LogP) is 3.64. The number of hydrogen-bond acceptors (Lipinski definition) is 3. The van der Waals surface area contributed by atoms with Gasteiger partial charge in [0.15, 0.2) is 0 Å². The summed E-state index contributed by atoms with van der Waals surface area (Å²) in [5, 5.41) is 3.35. The van der Waals surface area contributed by atoms with Crippen LogP contribution in [-0.2, 0) is 0 Å². The zero-order valence-corrected chi connectivity index (χ0v) is 10.9. The van der Waals surface area contributed by atoms with Crippen LogP contribution in [0.4, 0.5) is 17.1 Å². The molecule has 0 aliphatic rings. The fourth-order valence-corrected chi connectivity index (χ4v) is 1.85. The minimum atomic E-state index is 0.626. The summed E-state index contributed by atoms with van der Waals surface area (Å²) in [5.41, 5.74) is 11.0. The summed E-state index contributed by atoms with van der Waals surface area (Å²) in [7, 11) is 1.62. The third kappa shape index (κ3) is 2.40. The van der Waals surface area contributed by atoms with Crippen LogP contribution >= 0.6 is 0 Å². The number of nitrogens with one attached hydrogen (secondary N) is 1. The fourth-order valence-electron chi connectivity index (χ4n) is 1.85. The third-order valence-corrected chi connectivity index (χ3v) is 2.95. The molecule has 0 aromatic heterocycles. The van der Waals surface area contributed by atoms with Gasteiger partial charge in [-0.2, -0.15) is 0 Å². The number of methoxy groups -OCH3 is 1. The second kappa shape index (κ2) is 5.00. The molecule has 3 nitrogen and oxygen atoms in total. The van der Waals surface area contributed by atoms with Gasteiger partial charge in [0, 0.05) is 5.69 Å². The molecule has 3 heteroatoms. The molecule has 2 aromatic carbocycles. The van der Waals surface area contributed by atoms with Crippen molar-refractivity contribution >= 4 is 17.1 Å². The van der Waals surface area contributed by atoms with Crippen LogP contribution in [0.3, 0.4) is 0 Å². The van der Waals surface area contributed by atoms with Gasteiger partial charge in [-0.05, 0) is 43.2 Å². The quantitative estimate of drug-likeness (QED) is 0.808. The van der Waals surface area contributed by atoms with E-state index in [1.54, 1.807) is 7.11 Å². The minimum Gasteiger partial charge on any atom is -0.495 e. The van der Waals surface area contributed by atoms with Crippen LogP contribution in [-0.4, -0.2) is 7.11 Å². The van der Waals surface area contributed by atoms with Gasteiger partial charge < -0.3 is 15.8 Å². The van der Waals surface area contributed by atoms with Crippen molar-refractivity contribution in [2.24, 2.45) is 0 Å². The Bertz CT molecular complexity index is 564. The summed E-state index contributed by atoms with van der Waals surface area (Å²) in [4.78, 5) is 0. The highest BCUT2D eigenvalue weighted by Crippen LogP contribution is 2.32. The van der Waals surface area contributed by atoms with Gasteiger partial charge in [0.1, 0.15) is 5.75 Å². The van der Waals surface area contributed by atoms with Crippen LogP contribution in [0, 0.1) is 13.8 Å². The van der Waals surface area contributed by atoms with Gasteiger partial charge >= 0.3 is 0 Å². The summed E-state index contributed by atoms with van der Waals surface area (Å²) in [6, 6.07) is 12.0. The van der Waals surface area contributed by atoms with Crippen molar-refractivity contribution in [1.82, 2.24) is 0 Å². The molecule has 0 fully saturated rings. The molecule has 0 radical (unpaired) electrons. The van der Waals surface area contributed by atoms with Gasteiger partial charge in [-0.15, -0.1) is 0 Å². The number of hydrogen-bond donors (Lipinski definition) is 2. The lowest BCUT2D eigenvalue weighted by molar-refractivity contribution is 0.417. The monoisotopic (exact) mass is 242 g/mol. The van der Waals surface area contributed by atoms with E-state index in [0.29, 0.717) is 11.4 Å². The molecule has 0 heterocycles. The molecule has 18 heavy (non-hydrogen) atoms. The van der Waals surface area contributed by atoms with E-state index in [-0.39, 0.29) is 0 Å².